The minimum absolute atomic E-state index is 0.0123. The Morgan fingerprint density at radius 3 is 2.77 bits per heavy atom. The van der Waals surface area contributed by atoms with Gasteiger partial charge in [0.2, 0.25) is 5.91 Å². The lowest BCUT2D eigenvalue weighted by Gasteiger charge is -2.33. The molecule has 1 unspecified atom stereocenters. The molecule has 2 rings (SSSR count). The van der Waals surface area contributed by atoms with Crippen molar-refractivity contribution in [1.82, 2.24) is 15.5 Å². The van der Waals surface area contributed by atoms with Crippen molar-refractivity contribution >= 4 is 5.91 Å². The van der Waals surface area contributed by atoms with Gasteiger partial charge in [-0.15, -0.1) is 0 Å². The summed E-state index contributed by atoms with van der Waals surface area (Å²) in [6.45, 7) is 2.29. The average Bonchev–Trinajstić information content (AvgIpc) is 2.49. The van der Waals surface area contributed by atoms with Gasteiger partial charge in [0, 0.05) is 37.7 Å². The van der Waals surface area contributed by atoms with Gasteiger partial charge in [-0.3, -0.25) is 9.69 Å². The SMILES string of the molecule is CNCCC(=O)NC1CCCN(Cc2c(F)cccc2F)C1. The summed E-state index contributed by atoms with van der Waals surface area (Å²) in [7, 11) is 1.80. The zero-order chi connectivity index (χ0) is 15.9. The molecule has 1 amide bonds. The predicted molar refractivity (Wildman–Crippen MR) is 81.3 cm³/mol. The van der Waals surface area contributed by atoms with E-state index >= 15 is 0 Å². The first kappa shape index (κ1) is 16.8. The van der Waals surface area contributed by atoms with E-state index in [1.165, 1.54) is 18.2 Å². The van der Waals surface area contributed by atoms with Crippen molar-refractivity contribution in [1.29, 1.82) is 0 Å². The molecule has 22 heavy (non-hydrogen) atoms. The number of likely N-dealkylation sites (tertiary alicyclic amines) is 1. The topological polar surface area (TPSA) is 44.4 Å². The molecule has 0 bridgehead atoms. The molecule has 2 N–H and O–H groups in total. The predicted octanol–water partition coefficient (Wildman–Crippen LogP) is 1.65. The quantitative estimate of drug-likeness (QED) is 0.840. The molecule has 1 aliphatic rings. The molecule has 1 aromatic carbocycles. The Kier molecular flexibility index (Phi) is 6.27. The number of hydrogen-bond acceptors (Lipinski definition) is 3. The van der Waals surface area contributed by atoms with E-state index in [0.29, 0.717) is 19.5 Å². The lowest BCUT2D eigenvalue weighted by Crippen LogP contribution is -2.47. The van der Waals surface area contributed by atoms with E-state index in [-0.39, 0.29) is 24.1 Å². The minimum atomic E-state index is -0.514. The number of amides is 1. The molecule has 0 aromatic heterocycles. The summed E-state index contributed by atoms with van der Waals surface area (Å²) in [6, 6.07) is 3.97. The lowest BCUT2D eigenvalue weighted by atomic mass is 10.0. The Labute approximate surface area is 129 Å². The number of carbonyl (C=O) groups excluding carboxylic acids is 1. The molecule has 0 radical (unpaired) electrons. The van der Waals surface area contributed by atoms with Gasteiger partial charge in [-0.2, -0.15) is 0 Å². The lowest BCUT2D eigenvalue weighted by molar-refractivity contribution is -0.122. The highest BCUT2D eigenvalue weighted by Crippen LogP contribution is 2.18. The largest absolute Gasteiger partial charge is 0.352 e. The molecule has 1 aromatic rings. The van der Waals surface area contributed by atoms with Crippen LogP contribution in [0.3, 0.4) is 0 Å². The molecule has 4 nitrogen and oxygen atoms in total. The van der Waals surface area contributed by atoms with Crippen LogP contribution in [0.5, 0.6) is 0 Å². The van der Waals surface area contributed by atoms with Gasteiger partial charge in [-0.1, -0.05) is 6.07 Å². The molecular formula is C16H23F2N3O. The third-order valence-electron chi connectivity index (χ3n) is 3.92. The van der Waals surface area contributed by atoms with E-state index in [4.69, 9.17) is 0 Å². The fraction of sp³-hybridized carbons (Fsp3) is 0.562. The number of nitrogens with one attached hydrogen (secondary N) is 2. The van der Waals surface area contributed by atoms with Crippen LogP contribution in [-0.2, 0) is 11.3 Å². The van der Waals surface area contributed by atoms with E-state index in [1.54, 1.807) is 7.05 Å². The molecule has 6 heteroatoms. The number of nitrogens with zero attached hydrogens (tertiary/aromatic N) is 1. The number of hydrogen-bond donors (Lipinski definition) is 2. The van der Waals surface area contributed by atoms with Gasteiger partial charge >= 0.3 is 0 Å². The summed E-state index contributed by atoms with van der Waals surface area (Å²) in [5, 5.41) is 5.93. The van der Waals surface area contributed by atoms with Crippen LogP contribution < -0.4 is 10.6 Å². The Morgan fingerprint density at radius 1 is 1.36 bits per heavy atom. The molecular weight excluding hydrogens is 288 g/mol. The Balaban J connectivity index is 1.89. The van der Waals surface area contributed by atoms with Crippen LogP contribution >= 0.6 is 0 Å². The molecule has 0 spiro atoms. The molecule has 122 valence electrons. The number of piperidine rings is 1. The van der Waals surface area contributed by atoms with Gasteiger partial charge in [0.25, 0.3) is 0 Å². The monoisotopic (exact) mass is 311 g/mol. The molecule has 1 fully saturated rings. The molecule has 1 saturated heterocycles. The first-order valence-corrected chi connectivity index (χ1v) is 7.69. The number of rotatable bonds is 6. The van der Waals surface area contributed by atoms with Crippen LogP contribution in [-0.4, -0.2) is 43.5 Å². The first-order chi connectivity index (χ1) is 10.6. The smallest absolute Gasteiger partial charge is 0.221 e. The minimum Gasteiger partial charge on any atom is -0.352 e. The van der Waals surface area contributed by atoms with Gasteiger partial charge in [0.05, 0.1) is 0 Å². The van der Waals surface area contributed by atoms with Crippen molar-refractivity contribution < 1.29 is 13.6 Å². The summed E-state index contributed by atoms with van der Waals surface area (Å²) in [6.07, 6.45) is 2.25. The van der Waals surface area contributed by atoms with Gasteiger partial charge in [-0.05, 0) is 38.6 Å². The van der Waals surface area contributed by atoms with Crippen LogP contribution in [0, 0.1) is 11.6 Å². The zero-order valence-electron chi connectivity index (χ0n) is 12.9. The van der Waals surface area contributed by atoms with Gasteiger partial charge in [-0.25, -0.2) is 8.78 Å². The Morgan fingerprint density at radius 2 is 2.09 bits per heavy atom. The maximum absolute atomic E-state index is 13.7. The Hall–Kier alpha value is -1.53. The van der Waals surface area contributed by atoms with Crippen LogP contribution in [0.2, 0.25) is 0 Å². The number of benzene rings is 1. The zero-order valence-corrected chi connectivity index (χ0v) is 12.9. The van der Waals surface area contributed by atoms with Crippen molar-refractivity contribution in [3.8, 4) is 0 Å². The van der Waals surface area contributed by atoms with E-state index in [0.717, 1.165) is 19.4 Å². The van der Waals surface area contributed by atoms with Crippen molar-refractivity contribution in [2.75, 3.05) is 26.7 Å². The summed E-state index contributed by atoms with van der Waals surface area (Å²) in [5.41, 5.74) is 0.102. The summed E-state index contributed by atoms with van der Waals surface area (Å²) >= 11 is 0. The fourth-order valence-electron chi connectivity index (χ4n) is 2.76. The van der Waals surface area contributed by atoms with Crippen molar-refractivity contribution in [2.24, 2.45) is 0 Å². The summed E-state index contributed by atoms with van der Waals surface area (Å²) < 4.78 is 27.4. The Bertz CT molecular complexity index is 490. The molecule has 1 heterocycles. The molecule has 0 saturated carbocycles. The highest BCUT2D eigenvalue weighted by Gasteiger charge is 2.23. The van der Waals surface area contributed by atoms with E-state index in [2.05, 4.69) is 10.6 Å². The second-order valence-corrected chi connectivity index (χ2v) is 5.70. The first-order valence-electron chi connectivity index (χ1n) is 7.69. The second kappa shape index (κ2) is 8.19. The molecule has 1 aliphatic heterocycles. The molecule has 1 atom stereocenters. The van der Waals surface area contributed by atoms with Crippen LogP contribution in [0.4, 0.5) is 8.78 Å². The standard InChI is InChI=1S/C16H23F2N3O/c1-19-8-7-16(22)20-12-4-3-9-21(10-12)11-13-14(17)5-2-6-15(13)18/h2,5-6,12,19H,3-4,7-11H2,1H3,(H,20,22). The van der Waals surface area contributed by atoms with Crippen molar-refractivity contribution in [3.05, 3.63) is 35.4 Å². The molecule has 0 aliphatic carbocycles. The van der Waals surface area contributed by atoms with E-state index in [1.807, 2.05) is 4.90 Å². The second-order valence-electron chi connectivity index (χ2n) is 5.70. The average molecular weight is 311 g/mol. The summed E-state index contributed by atoms with van der Waals surface area (Å²) in [4.78, 5) is 13.7. The maximum Gasteiger partial charge on any atom is 0.221 e. The summed E-state index contributed by atoms with van der Waals surface area (Å²) in [5.74, 6) is -1.02. The third-order valence-corrected chi connectivity index (χ3v) is 3.92. The van der Waals surface area contributed by atoms with Crippen LogP contribution in [0.15, 0.2) is 18.2 Å². The normalized spacial score (nSPS) is 19.1. The highest BCUT2D eigenvalue weighted by atomic mass is 19.1. The van der Waals surface area contributed by atoms with Crippen molar-refractivity contribution in [2.45, 2.75) is 31.8 Å². The fourth-order valence-corrected chi connectivity index (χ4v) is 2.76. The van der Waals surface area contributed by atoms with Gasteiger partial charge in [0.1, 0.15) is 11.6 Å². The highest BCUT2D eigenvalue weighted by molar-refractivity contribution is 5.76. The maximum atomic E-state index is 13.7. The van der Waals surface area contributed by atoms with Gasteiger partial charge in [0.15, 0.2) is 0 Å². The van der Waals surface area contributed by atoms with Crippen LogP contribution in [0.25, 0.3) is 0 Å². The number of halogens is 2. The van der Waals surface area contributed by atoms with E-state index in [9.17, 15) is 13.6 Å². The van der Waals surface area contributed by atoms with Crippen molar-refractivity contribution in [3.63, 3.8) is 0 Å². The van der Waals surface area contributed by atoms with E-state index < -0.39 is 11.6 Å². The third kappa shape index (κ3) is 4.74. The number of carbonyl (C=O) groups is 1. The van der Waals surface area contributed by atoms with Gasteiger partial charge < -0.3 is 10.6 Å². The van der Waals surface area contributed by atoms with Crippen LogP contribution in [0.1, 0.15) is 24.8 Å².